The molecule has 0 aliphatic carbocycles. The zero-order chi connectivity index (χ0) is 20.8. The quantitative estimate of drug-likeness (QED) is 0.537. The molecule has 0 fully saturated rings. The Morgan fingerprint density at radius 1 is 1.07 bits per heavy atom. The minimum atomic E-state index is -4.69. The van der Waals surface area contributed by atoms with Crippen molar-refractivity contribution in [2.75, 3.05) is 0 Å². The van der Waals surface area contributed by atoms with E-state index in [0.717, 1.165) is 5.56 Å². The average molecular weight is 479 g/mol. The van der Waals surface area contributed by atoms with Gasteiger partial charge in [-0.15, -0.1) is 0 Å². The highest BCUT2D eigenvalue weighted by atomic mass is 79.9. The number of primary sulfonamides is 1. The Kier molecular flexibility index (Phi) is 5.34. The van der Waals surface area contributed by atoms with E-state index in [2.05, 4.69) is 21.1 Å². The highest BCUT2D eigenvalue weighted by Gasteiger charge is 2.29. The van der Waals surface area contributed by atoms with Crippen molar-refractivity contribution in [2.24, 2.45) is 5.14 Å². The normalized spacial score (nSPS) is 12.0. The summed E-state index contributed by atoms with van der Waals surface area (Å²) < 4.78 is 83.4. The van der Waals surface area contributed by atoms with Crippen molar-refractivity contribution < 1.29 is 30.5 Å². The molecule has 3 aromatic rings. The topological polar surface area (TPSA) is 86.2 Å². The van der Waals surface area contributed by atoms with E-state index in [1.807, 2.05) is 0 Å². The first kappa shape index (κ1) is 20.5. The summed E-state index contributed by atoms with van der Waals surface area (Å²) >= 11 is 3.27. The third-order valence-electron chi connectivity index (χ3n) is 3.80. The fraction of sp³-hybridized carbons (Fsp3) is 0.118. The van der Waals surface area contributed by atoms with Crippen LogP contribution in [0.1, 0.15) is 17.7 Å². The summed E-state index contributed by atoms with van der Waals surface area (Å²) in [6, 6.07) is 6.13. The van der Waals surface area contributed by atoms with Gasteiger partial charge in [-0.2, -0.15) is 0 Å². The zero-order valence-corrected chi connectivity index (χ0v) is 16.4. The summed E-state index contributed by atoms with van der Waals surface area (Å²) in [6.45, 7) is 1.75. The number of aryl methyl sites for hydroxylation is 1. The molecule has 11 heteroatoms. The Morgan fingerprint density at radius 2 is 1.68 bits per heavy atom. The molecular formula is C17H11BrF4N2O3S. The SMILES string of the molecule is Cc1cc(Br)cc(-c2noc(C(F)F)c2-c2cc(F)c(S(N)(=O)=O)c(F)c2)c1. The summed E-state index contributed by atoms with van der Waals surface area (Å²) in [4.78, 5) is -1.36. The number of benzene rings is 2. The molecule has 0 bridgehead atoms. The molecule has 1 heterocycles. The zero-order valence-electron chi connectivity index (χ0n) is 14.0. The molecule has 2 aromatic carbocycles. The number of sulfonamides is 1. The second-order valence-electron chi connectivity index (χ2n) is 5.90. The summed E-state index contributed by atoms with van der Waals surface area (Å²) in [5, 5.41) is 8.43. The van der Waals surface area contributed by atoms with Crippen LogP contribution in [0.15, 0.2) is 44.2 Å². The van der Waals surface area contributed by atoms with Crippen molar-refractivity contribution in [2.45, 2.75) is 18.2 Å². The molecule has 3 rings (SSSR count). The molecule has 0 unspecified atom stereocenters. The van der Waals surface area contributed by atoms with Crippen molar-refractivity contribution in [3.63, 3.8) is 0 Å². The number of nitrogens with two attached hydrogens (primary N) is 1. The third kappa shape index (κ3) is 3.82. The van der Waals surface area contributed by atoms with Gasteiger partial charge in [-0.1, -0.05) is 21.1 Å². The summed E-state index contributed by atoms with van der Waals surface area (Å²) in [5.74, 6) is -3.94. The van der Waals surface area contributed by atoms with Gasteiger partial charge in [-0.25, -0.2) is 31.1 Å². The van der Waals surface area contributed by atoms with Gasteiger partial charge < -0.3 is 4.52 Å². The van der Waals surface area contributed by atoms with Gasteiger partial charge in [0.15, 0.2) is 4.90 Å². The fourth-order valence-corrected chi connectivity index (χ4v) is 4.05. The Hall–Kier alpha value is -2.24. The predicted molar refractivity (Wildman–Crippen MR) is 96.1 cm³/mol. The Balaban J connectivity index is 2.31. The van der Waals surface area contributed by atoms with Crippen molar-refractivity contribution in [1.29, 1.82) is 0 Å². The average Bonchev–Trinajstić information content (AvgIpc) is 2.96. The van der Waals surface area contributed by atoms with Crippen LogP contribution in [0.25, 0.3) is 22.4 Å². The van der Waals surface area contributed by atoms with E-state index in [1.165, 1.54) is 0 Å². The van der Waals surface area contributed by atoms with E-state index in [9.17, 15) is 26.0 Å². The molecule has 0 radical (unpaired) electrons. The number of hydrogen-bond donors (Lipinski definition) is 1. The molecule has 0 saturated carbocycles. The van der Waals surface area contributed by atoms with Crippen molar-refractivity contribution in [3.05, 3.63) is 57.8 Å². The molecule has 0 spiro atoms. The molecule has 0 aliphatic rings. The first-order valence-electron chi connectivity index (χ1n) is 7.56. The van der Waals surface area contributed by atoms with E-state index in [0.29, 0.717) is 22.2 Å². The van der Waals surface area contributed by atoms with Crippen LogP contribution in [0, 0.1) is 18.6 Å². The van der Waals surface area contributed by atoms with Crippen LogP contribution in [0.4, 0.5) is 17.6 Å². The monoisotopic (exact) mass is 478 g/mol. The molecule has 148 valence electrons. The van der Waals surface area contributed by atoms with Gasteiger partial charge in [0.1, 0.15) is 17.3 Å². The molecule has 2 N–H and O–H groups in total. The van der Waals surface area contributed by atoms with Gasteiger partial charge in [0.2, 0.25) is 15.8 Å². The lowest BCUT2D eigenvalue weighted by Crippen LogP contribution is -2.16. The number of aromatic nitrogens is 1. The van der Waals surface area contributed by atoms with Crippen LogP contribution < -0.4 is 5.14 Å². The van der Waals surface area contributed by atoms with Crippen LogP contribution in [0.3, 0.4) is 0 Å². The van der Waals surface area contributed by atoms with E-state index in [-0.39, 0.29) is 16.8 Å². The van der Waals surface area contributed by atoms with E-state index < -0.39 is 38.7 Å². The number of halogens is 5. The van der Waals surface area contributed by atoms with Gasteiger partial charge in [0, 0.05) is 10.0 Å². The molecule has 0 atom stereocenters. The van der Waals surface area contributed by atoms with Crippen LogP contribution >= 0.6 is 15.9 Å². The molecule has 0 saturated heterocycles. The molecule has 28 heavy (non-hydrogen) atoms. The van der Waals surface area contributed by atoms with Crippen LogP contribution in [0.2, 0.25) is 0 Å². The lowest BCUT2D eigenvalue weighted by Gasteiger charge is -2.09. The highest BCUT2D eigenvalue weighted by Crippen LogP contribution is 2.41. The minimum Gasteiger partial charge on any atom is -0.354 e. The number of nitrogens with zero attached hydrogens (tertiary/aromatic N) is 1. The number of alkyl halides is 2. The number of hydrogen-bond acceptors (Lipinski definition) is 4. The Labute approximate surface area is 165 Å². The van der Waals surface area contributed by atoms with E-state index >= 15 is 0 Å². The van der Waals surface area contributed by atoms with Crippen LogP contribution in [0.5, 0.6) is 0 Å². The molecule has 1 aromatic heterocycles. The first-order valence-corrected chi connectivity index (χ1v) is 9.90. The maximum absolute atomic E-state index is 14.2. The third-order valence-corrected chi connectivity index (χ3v) is 5.22. The minimum absolute atomic E-state index is 0.0816. The molecule has 0 amide bonds. The summed E-state index contributed by atoms with van der Waals surface area (Å²) in [7, 11) is -4.69. The Morgan fingerprint density at radius 3 is 2.18 bits per heavy atom. The van der Waals surface area contributed by atoms with Gasteiger partial charge in [0.25, 0.3) is 6.43 Å². The second kappa shape index (κ2) is 7.30. The van der Waals surface area contributed by atoms with Crippen molar-refractivity contribution >= 4 is 26.0 Å². The lowest BCUT2D eigenvalue weighted by molar-refractivity contribution is 0.113. The maximum atomic E-state index is 14.2. The van der Waals surface area contributed by atoms with Crippen LogP contribution in [-0.4, -0.2) is 13.6 Å². The molecule has 0 aliphatic heterocycles. The number of rotatable bonds is 4. The van der Waals surface area contributed by atoms with Crippen LogP contribution in [-0.2, 0) is 10.0 Å². The van der Waals surface area contributed by atoms with Gasteiger partial charge in [-0.05, 0) is 48.4 Å². The smallest absolute Gasteiger partial charge is 0.298 e. The lowest BCUT2D eigenvalue weighted by atomic mass is 9.98. The van der Waals surface area contributed by atoms with E-state index in [4.69, 9.17) is 9.66 Å². The van der Waals surface area contributed by atoms with E-state index in [1.54, 1.807) is 25.1 Å². The Bertz CT molecular complexity index is 1140. The first-order chi connectivity index (χ1) is 13.0. The summed E-state index contributed by atoms with van der Waals surface area (Å²) in [5.41, 5.74) is 0.312. The van der Waals surface area contributed by atoms with Gasteiger partial charge in [0.05, 0.1) is 5.56 Å². The maximum Gasteiger partial charge on any atom is 0.298 e. The standard InChI is InChI=1S/C17H11BrF4N2O3S/c1-7-2-9(4-10(18)3-7)14-13(15(17(21)22)27-24-14)8-5-11(19)16(12(20)6-8)28(23,25)26/h2-6,17H,1H3,(H2,23,25,26). The van der Waals surface area contributed by atoms with Gasteiger partial charge >= 0.3 is 0 Å². The van der Waals surface area contributed by atoms with Crippen molar-refractivity contribution in [3.8, 4) is 22.4 Å². The molecular weight excluding hydrogens is 468 g/mol. The summed E-state index contributed by atoms with van der Waals surface area (Å²) in [6.07, 6.45) is -3.13. The fourth-order valence-electron chi connectivity index (χ4n) is 2.78. The predicted octanol–water partition coefficient (Wildman–Crippen LogP) is 4.94. The van der Waals surface area contributed by atoms with Gasteiger partial charge in [-0.3, -0.25) is 0 Å². The second-order valence-corrected chi connectivity index (χ2v) is 8.32. The highest BCUT2D eigenvalue weighted by molar-refractivity contribution is 9.10. The van der Waals surface area contributed by atoms with Crippen molar-refractivity contribution in [1.82, 2.24) is 5.16 Å². The largest absolute Gasteiger partial charge is 0.354 e. The molecule has 5 nitrogen and oxygen atoms in total.